The second-order valence-corrected chi connectivity index (χ2v) is 4.26. The van der Waals surface area contributed by atoms with E-state index in [4.69, 9.17) is 10.5 Å². The number of carboxylic acids is 1. The topological polar surface area (TPSA) is 97.4 Å². The summed E-state index contributed by atoms with van der Waals surface area (Å²) in [6.07, 6.45) is 1.30. The van der Waals surface area contributed by atoms with Crippen molar-refractivity contribution in [3.05, 3.63) is 40.2 Å². The number of carboxylic acid groups (broad SMARTS) is 1. The number of aryl methyl sites for hydroxylation is 1. The number of rotatable bonds is 5. The summed E-state index contributed by atoms with van der Waals surface area (Å²) >= 11 is 0. The van der Waals surface area contributed by atoms with Gasteiger partial charge in [0, 0.05) is 30.7 Å². The molecule has 0 spiro atoms. The maximum atomic E-state index is 12.1. The summed E-state index contributed by atoms with van der Waals surface area (Å²) in [4.78, 5) is 23.0. The molecule has 0 amide bonds. The number of carbonyl (C=O) groups is 1. The first-order valence-corrected chi connectivity index (χ1v) is 6.30. The Hall–Kier alpha value is -1.34. The number of ether oxygens (including phenoxy) is 1. The number of pyridine rings is 1. The van der Waals surface area contributed by atoms with Crippen LogP contribution in [-0.4, -0.2) is 23.7 Å². The van der Waals surface area contributed by atoms with E-state index in [1.807, 2.05) is 6.92 Å². The summed E-state index contributed by atoms with van der Waals surface area (Å²) < 4.78 is 7.09. The predicted octanol–water partition coefficient (Wildman–Crippen LogP) is -3.27. The average Bonchev–Trinajstić information content (AvgIpc) is 2.45. The quantitative estimate of drug-likeness (QED) is 0.584. The molecule has 0 aliphatic carbocycles. The third kappa shape index (κ3) is 3.65. The van der Waals surface area contributed by atoms with Crippen LogP contribution in [0.2, 0.25) is 0 Å². The second-order valence-electron chi connectivity index (χ2n) is 4.26. The molecule has 0 bridgehead atoms. The first kappa shape index (κ1) is 17.7. The van der Waals surface area contributed by atoms with Gasteiger partial charge in [-0.25, -0.2) is 0 Å². The van der Waals surface area contributed by atoms with Crippen LogP contribution >= 0.6 is 0 Å². The Morgan fingerprint density at radius 3 is 2.71 bits per heavy atom. The summed E-state index contributed by atoms with van der Waals surface area (Å²) in [5.41, 5.74) is 5.11. The van der Waals surface area contributed by atoms with Gasteiger partial charge in [-0.1, -0.05) is 0 Å². The van der Waals surface area contributed by atoms with Crippen LogP contribution in [0.25, 0.3) is 10.9 Å². The van der Waals surface area contributed by atoms with Crippen molar-refractivity contribution in [1.82, 2.24) is 4.57 Å². The third-order valence-corrected chi connectivity index (χ3v) is 3.00. The van der Waals surface area contributed by atoms with Crippen molar-refractivity contribution in [3.63, 3.8) is 0 Å². The molecule has 1 aromatic carbocycles. The second kappa shape index (κ2) is 7.61. The van der Waals surface area contributed by atoms with Gasteiger partial charge in [0.15, 0.2) is 5.43 Å². The largest absolute Gasteiger partial charge is 1.00 e. The molecule has 0 atom stereocenters. The normalized spacial score (nSPS) is 10.2. The summed E-state index contributed by atoms with van der Waals surface area (Å²) in [7, 11) is 0. The molecule has 0 unspecified atom stereocenters. The summed E-state index contributed by atoms with van der Waals surface area (Å²) in [5.74, 6) is -0.881. The molecule has 0 saturated carbocycles. The zero-order valence-corrected chi connectivity index (χ0v) is 14.1. The van der Waals surface area contributed by atoms with E-state index >= 15 is 0 Å². The van der Waals surface area contributed by atoms with Gasteiger partial charge in [-0.15, -0.1) is 0 Å². The molecule has 1 aromatic heterocycles. The smallest absolute Gasteiger partial charge is 0.545 e. The zero-order valence-electron chi connectivity index (χ0n) is 12.1. The van der Waals surface area contributed by atoms with Crippen LogP contribution in [0.3, 0.4) is 0 Å². The Labute approximate surface area is 143 Å². The van der Waals surface area contributed by atoms with Gasteiger partial charge < -0.3 is 24.9 Å². The third-order valence-electron chi connectivity index (χ3n) is 3.00. The Balaban J connectivity index is 0.00000220. The van der Waals surface area contributed by atoms with E-state index in [-0.39, 0.29) is 35.1 Å². The SMILES string of the molecule is CCn1cc(C(=O)[O-])c(=O)c2ccc(OCCN)cc21.[Na+]. The Morgan fingerprint density at radius 2 is 2.14 bits per heavy atom. The fourth-order valence-corrected chi connectivity index (χ4v) is 2.04. The van der Waals surface area contributed by atoms with Crippen LogP contribution in [0.15, 0.2) is 29.2 Å². The fourth-order valence-electron chi connectivity index (χ4n) is 2.04. The van der Waals surface area contributed by atoms with Gasteiger partial charge in [0.05, 0.1) is 17.0 Å². The van der Waals surface area contributed by atoms with E-state index < -0.39 is 11.4 Å². The van der Waals surface area contributed by atoms with Gasteiger partial charge in [0.25, 0.3) is 0 Å². The van der Waals surface area contributed by atoms with Crippen molar-refractivity contribution in [2.45, 2.75) is 13.5 Å². The van der Waals surface area contributed by atoms with E-state index in [2.05, 4.69) is 0 Å². The van der Waals surface area contributed by atoms with Crippen LogP contribution < -0.4 is 50.6 Å². The Kier molecular flexibility index (Phi) is 6.42. The van der Waals surface area contributed by atoms with Crippen LogP contribution in [0.4, 0.5) is 0 Å². The van der Waals surface area contributed by atoms with E-state index in [0.717, 1.165) is 0 Å². The molecule has 2 rings (SSSR count). The number of carbonyl (C=O) groups excluding carboxylic acids is 1. The van der Waals surface area contributed by atoms with Crippen molar-refractivity contribution >= 4 is 16.9 Å². The molecule has 0 aliphatic rings. The fraction of sp³-hybridized carbons (Fsp3) is 0.286. The van der Waals surface area contributed by atoms with E-state index in [9.17, 15) is 14.7 Å². The van der Waals surface area contributed by atoms with Gasteiger partial charge in [0.1, 0.15) is 12.4 Å². The molecule has 21 heavy (non-hydrogen) atoms. The van der Waals surface area contributed by atoms with Crippen LogP contribution in [0.1, 0.15) is 17.3 Å². The minimum Gasteiger partial charge on any atom is -0.545 e. The first-order chi connectivity index (χ1) is 9.58. The van der Waals surface area contributed by atoms with E-state index in [1.54, 1.807) is 22.8 Å². The first-order valence-electron chi connectivity index (χ1n) is 6.30. The summed E-state index contributed by atoms with van der Waals surface area (Å²) in [5, 5.41) is 11.3. The number of aromatic nitrogens is 1. The molecule has 0 radical (unpaired) electrons. The standard InChI is InChI=1S/C14H16N2O4.Na/c1-2-16-8-11(14(18)19)13(17)10-4-3-9(7-12(10)16)20-6-5-15;/h3-4,7-8H,2,5-6,15H2,1H3,(H,18,19);/q;+1/p-1. The van der Waals surface area contributed by atoms with Gasteiger partial charge >= 0.3 is 29.6 Å². The number of hydrogen-bond donors (Lipinski definition) is 1. The number of benzene rings is 1. The molecule has 6 nitrogen and oxygen atoms in total. The van der Waals surface area contributed by atoms with Crippen molar-refractivity contribution in [3.8, 4) is 5.75 Å². The summed E-state index contributed by atoms with van der Waals surface area (Å²) in [6.45, 7) is 3.15. The van der Waals surface area contributed by atoms with E-state index in [1.165, 1.54) is 6.20 Å². The van der Waals surface area contributed by atoms with Crippen molar-refractivity contribution in [2.24, 2.45) is 5.73 Å². The molecule has 0 fully saturated rings. The average molecular weight is 298 g/mol. The molecule has 106 valence electrons. The Bertz CT molecular complexity index is 712. The molecular weight excluding hydrogens is 283 g/mol. The number of nitrogens with zero attached hydrogens (tertiary/aromatic N) is 1. The number of fused-ring (bicyclic) bond motifs is 1. The summed E-state index contributed by atoms with van der Waals surface area (Å²) in [6, 6.07) is 4.88. The number of nitrogens with two attached hydrogens (primary N) is 1. The molecular formula is C14H15N2NaO4. The van der Waals surface area contributed by atoms with E-state index in [0.29, 0.717) is 36.3 Å². The molecule has 7 heteroatoms. The molecule has 2 N–H and O–H groups in total. The van der Waals surface area contributed by atoms with Crippen molar-refractivity contribution in [1.29, 1.82) is 0 Å². The zero-order chi connectivity index (χ0) is 14.7. The minimum atomic E-state index is -1.47. The molecule has 0 aliphatic heterocycles. The maximum absolute atomic E-state index is 12.1. The monoisotopic (exact) mass is 298 g/mol. The Morgan fingerprint density at radius 1 is 1.43 bits per heavy atom. The van der Waals surface area contributed by atoms with Crippen molar-refractivity contribution in [2.75, 3.05) is 13.2 Å². The van der Waals surface area contributed by atoms with Crippen LogP contribution in [0.5, 0.6) is 5.75 Å². The van der Waals surface area contributed by atoms with Gasteiger partial charge in [-0.2, -0.15) is 0 Å². The van der Waals surface area contributed by atoms with Gasteiger partial charge in [-0.3, -0.25) is 4.79 Å². The molecule has 0 saturated heterocycles. The molecule has 1 heterocycles. The number of hydrogen-bond acceptors (Lipinski definition) is 5. The molecule has 2 aromatic rings. The van der Waals surface area contributed by atoms with Crippen molar-refractivity contribution < 1.29 is 44.2 Å². The van der Waals surface area contributed by atoms with Crippen LogP contribution in [-0.2, 0) is 6.54 Å². The van der Waals surface area contributed by atoms with Gasteiger partial charge in [-0.05, 0) is 19.1 Å². The predicted molar refractivity (Wildman–Crippen MR) is 72.8 cm³/mol. The van der Waals surface area contributed by atoms with Crippen LogP contribution in [0, 0.1) is 0 Å². The number of aromatic carboxylic acids is 1. The maximum Gasteiger partial charge on any atom is 1.00 e. The van der Waals surface area contributed by atoms with Gasteiger partial charge in [0.2, 0.25) is 0 Å². The minimum absolute atomic E-state index is 0.